The molecular formula is C19H18N6. The number of nitrogens with zero attached hydrogens (tertiary/aromatic N) is 4. The normalized spacial score (nSPS) is 12.4. The van der Waals surface area contributed by atoms with E-state index in [1.807, 2.05) is 31.5 Å². The zero-order chi connectivity index (χ0) is 17.1. The highest BCUT2D eigenvalue weighted by molar-refractivity contribution is 5.86. The van der Waals surface area contributed by atoms with Gasteiger partial charge in [0.25, 0.3) is 0 Å². The van der Waals surface area contributed by atoms with Crippen LogP contribution >= 0.6 is 0 Å². The van der Waals surface area contributed by atoms with E-state index < -0.39 is 0 Å². The molecule has 6 nitrogen and oxygen atoms in total. The standard InChI is InChI=1S/C19H18N6/c1-13(18-23-12-24-25-18)20-9-14-10-21-19(22-11-14)17-7-6-15-4-2-3-5-16(15)8-17/h2-8,10-13,20H,9H2,1H3,(H,23,24,25). The van der Waals surface area contributed by atoms with Crippen molar-refractivity contribution in [1.82, 2.24) is 30.5 Å². The van der Waals surface area contributed by atoms with Crippen molar-refractivity contribution in [3.8, 4) is 11.4 Å². The molecule has 25 heavy (non-hydrogen) atoms. The molecule has 2 aromatic carbocycles. The van der Waals surface area contributed by atoms with Crippen molar-refractivity contribution in [3.63, 3.8) is 0 Å². The first-order chi connectivity index (χ1) is 12.3. The second-order valence-corrected chi connectivity index (χ2v) is 5.95. The van der Waals surface area contributed by atoms with Gasteiger partial charge in [-0.2, -0.15) is 5.10 Å². The molecule has 0 fully saturated rings. The van der Waals surface area contributed by atoms with Crippen LogP contribution in [0.5, 0.6) is 0 Å². The maximum Gasteiger partial charge on any atom is 0.159 e. The van der Waals surface area contributed by atoms with E-state index in [1.165, 1.54) is 17.1 Å². The summed E-state index contributed by atoms with van der Waals surface area (Å²) < 4.78 is 0. The Balaban J connectivity index is 1.47. The summed E-state index contributed by atoms with van der Waals surface area (Å²) in [6, 6.07) is 14.6. The van der Waals surface area contributed by atoms with Crippen molar-refractivity contribution >= 4 is 10.8 Å². The Hall–Kier alpha value is -3.12. The second kappa shape index (κ2) is 6.78. The number of hydrogen-bond acceptors (Lipinski definition) is 5. The van der Waals surface area contributed by atoms with Gasteiger partial charge in [0.2, 0.25) is 0 Å². The van der Waals surface area contributed by atoms with Crippen molar-refractivity contribution in [3.05, 3.63) is 72.6 Å². The quantitative estimate of drug-likeness (QED) is 0.587. The molecular weight excluding hydrogens is 312 g/mol. The lowest BCUT2D eigenvalue weighted by molar-refractivity contribution is 0.546. The molecule has 0 amide bonds. The molecule has 0 radical (unpaired) electrons. The average molecular weight is 330 g/mol. The largest absolute Gasteiger partial charge is 0.303 e. The van der Waals surface area contributed by atoms with Gasteiger partial charge in [0.05, 0.1) is 6.04 Å². The van der Waals surface area contributed by atoms with Gasteiger partial charge in [-0.1, -0.05) is 36.4 Å². The van der Waals surface area contributed by atoms with Gasteiger partial charge in [0.15, 0.2) is 5.82 Å². The number of hydrogen-bond donors (Lipinski definition) is 2. The van der Waals surface area contributed by atoms with Gasteiger partial charge < -0.3 is 5.32 Å². The van der Waals surface area contributed by atoms with Crippen molar-refractivity contribution in [1.29, 1.82) is 0 Å². The molecule has 6 heteroatoms. The van der Waals surface area contributed by atoms with Gasteiger partial charge in [-0.3, -0.25) is 5.10 Å². The molecule has 1 unspecified atom stereocenters. The van der Waals surface area contributed by atoms with E-state index in [2.05, 4.69) is 60.8 Å². The van der Waals surface area contributed by atoms with Crippen LogP contribution in [0.4, 0.5) is 0 Å². The lowest BCUT2D eigenvalue weighted by Gasteiger charge is -2.10. The fourth-order valence-corrected chi connectivity index (χ4v) is 2.71. The van der Waals surface area contributed by atoms with E-state index in [-0.39, 0.29) is 6.04 Å². The third-order valence-corrected chi connectivity index (χ3v) is 4.17. The molecule has 2 aromatic heterocycles. The van der Waals surface area contributed by atoms with Gasteiger partial charge in [0, 0.05) is 30.1 Å². The van der Waals surface area contributed by atoms with Crippen molar-refractivity contribution in [2.45, 2.75) is 19.5 Å². The smallest absolute Gasteiger partial charge is 0.159 e. The Labute approximate surface area is 145 Å². The van der Waals surface area contributed by atoms with Crippen LogP contribution in [0, 0.1) is 0 Å². The minimum atomic E-state index is 0.0858. The monoisotopic (exact) mass is 330 g/mol. The predicted molar refractivity (Wildman–Crippen MR) is 96.6 cm³/mol. The van der Waals surface area contributed by atoms with Gasteiger partial charge in [-0.05, 0) is 23.8 Å². The highest BCUT2D eigenvalue weighted by Crippen LogP contribution is 2.21. The van der Waals surface area contributed by atoms with Gasteiger partial charge in [-0.25, -0.2) is 15.0 Å². The lowest BCUT2D eigenvalue weighted by atomic mass is 10.1. The first-order valence-electron chi connectivity index (χ1n) is 8.18. The number of rotatable bonds is 5. The molecule has 0 aliphatic carbocycles. The highest BCUT2D eigenvalue weighted by Gasteiger charge is 2.08. The molecule has 0 spiro atoms. The van der Waals surface area contributed by atoms with Gasteiger partial charge in [-0.15, -0.1) is 0 Å². The van der Waals surface area contributed by atoms with E-state index in [1.54, 1.807) is 0 Å². The average Bonchev–Trinajstić information content (AvgIpc) is 3.21. The topological polar surface area (TPSA) is 79.4 Å². The Morgan fingerprint density at radius 3 is 2.56 bits per heavy atom. The molecule has 1 atom stereocenters. The summed E-state index contributed by atoms with van der Waals surface area (Å²) in [4.78, 5) is 13.2. The summed E-state index contributed by atoms with van der Waals surface area (Å²) in [6.07, 6.45) is 5.23. The van der Waals surface area contributed by atoms with E-state index in [4.69, 9.17) is 0 Å². The van der Waals surface area contributed by atoms with Crippen molar-refractivity contribution in [2.75, 3.05) is 0 Å². The summed E-state index contributed by atoms with van der Waals surface area (Å²) in [5.74, 6) is 1.55. The second-order valence-electron chi connectivity index (χ2n) is 5.95. The third kappa shape index (κ3) is 3.39. The van der Waals surface area contributed by atoms with Crippen LogP contribution in [-0.2, 0) is 6.54 Å². The molecule has 0 saturated carbocycles. The highest BCUT2D eigenvalue weighted by atomic mass is 15.2. The third-order valence-electron chi connectivity index (χ3n) is 4.17. The van der Waals surface area contributed by atoms with Crippen LogP contribution in [0.15, 0.2) is 61.2 Å². The van der Waals surface area contributed by atoms with Crippen LogP contribution in [-0.4, -0.2) is 25.1 Å². The summed E-state index contributed by atoms with van der Waals surface area (Å²) in [7, 11) is 0. The molecule has 0 aliphatic rings. The van der Waals surface area contributed by atoms with Crippen LogP contribution in [0.1, 0.15) is 24.4 Å². The fraction of sp³-hybridized carbons (Fsp3) is 0.158. The molecule has 0 aliphatic heterocycles. The van der Waals surface area contributed by atoms with Crippen LogP contribution in [0.25, 0.3) is 22.2 Å². The number of benzene rings is 2. The number of nitrogens with one attached hydrogen (secondary N) is 2. The van der Waals surface area contributed by atoms with Crippen molar-refractivity contribution in [2.24, 2.45) is 0 Å². The molecule has 2 heterocycles. The SMILES string of the molecule is CC(NCc1cnc(-c2ccc3ccccc3c2)nc1)c1ncn[nH]1. The van der Waals surface area contributed by atoms with E-state index in [0.717, 1.165) is 22.8 Å². The van der Waals surface area contributed by atoms with E-state index >= 15 is 0 Å². The maximum absolute atomic E-state index is 4.51. The fourth-order valence-electron chi connectivity index (χ4n) is 2.71. The molecule has 124 valence electrons. The van der Waals surface area contributed by atoms with Crippen LogP contribution in [0.2, 0.25) is 0 Å². The summed E-state index contributed by atoms with van der Waals surface area (Å²) in [6.45, 7) is 2.70. The number of fused-ring (bicyclic) bond motifs is 1. The zero-order valence-electron chi connectivity index (χ0n) is 13.8. The van der Waals surface area contributed by atoms with Gasteiger partial charge in [0.1, 0.15) is 12.2 Å². The molecule has 2 N–H and O–H groups in total. The van der Waals surface area contributed by atoms with Crippen LogP contribution < -0.4 is 5.32 Å². The number of aromatic nitrogens is 5. The van der Waals surface area contributed by atoms with Crippen LogP contribution in [0.3, 0.4) is 0 Å². The number of aromatic amines is 1. The summed E-state index contributed by atoms with van der Waals surface area (Å²) in [5, 5.41) is 12.5. The Morgan fingerprint density at radius 2 is 1.80 bits per heavy atom. The maximum atomic E-state index is 4.51. The van der Waals surface area contributed by atoms with E-state index in [9.17, 15) is 0 Å². The first kappa shape index (κ1) is 15.4. The Kier molecular flexibility index (Phi) is 4.18. The first-order valence-corrected chi connectivity index (χ1v) is 8.18. The minimum absolute atomic E-state index is 0.0858. The van der Waals surface area contributed by atoms with E-state index in [0.29, 0.717) is 6.54 Å². The summed E-state index contributed by atoms with van der Waals surface area (Å²) in [5.41, 5.74) is 2.05. The Bertz CT molecular complexity index is 963. The van der Waals surface area contributed by atoms with Gasteiger partial charge >= 0.3 is 0 Å². The minimum Gasteiger partial charge on any atom is -0.303 e. The molecule has 0 bridgehead atoms. The lowest BCUT2D eigenvalue weighted by Crippen LogP contribution is -2.19. The predicted octanol–water partition coefficient (Wildman–Crippen LogP) is 3.27. The zero-order valence-corrected chi connectivity index (χ0v) is 13.8. The molecule has 4 rings (SSSR count). The number of H-pyrrole nitrogens is 1. The molecule has 0 saturated heterocycles. The van der Waals surface area contributed by atoms with Crippen molar-refractivity contribution < 1.29 is 0 Å². The molecule has 4 aromatic rings. The Morgan fingerprint density at radius 1 is 1.00 bits per heavy atom. The summed E-state index contributed by atoms with van der Waals surface area (Å²) >= 11 is 0.